The molecule has 0 bridgehead atoms. The number of aromatic nitrogens is 2. The lowest BCUT2D eigenvalue weighted by Gasteiger charge is -2.16. The lowest BCUT2D eigenvalue weighted by molar-refractivity contribution is -0.137. The zero-order chi connectivity index (χ0) is 14.8. The molecular formula is C12H10F4N4. The molecule has 3 N–H and O–H groups in total. The van der Waals surface area contributed by atoms with Crippen LogP contribution in [0.5, 0.6) is 0 Å². The normalized spacial score (nSPS) is 13.2. The monoisotopic (exact) mass is 286 g/mol. The largest absolute Gasteiger partial charge is 0.417 e. The van der Waals surface area contributed by atoms with E-state index in [1.54, 1.807) is 0 Å². The highest BCUT2D eigenvalue weighted by atomic mass is 19.4. The number of alkyl halides is 3. The van der Waals surface area contributed by atoms with Crippen LogP contribution in [0.25, 0.3) is 0 Å². The van der Waals surface area contributed by atoms with Crippen LogP contribution < -0.4 is 11.3 Å². The summed E-state index contributed by atoms with van der Waals surface area (Å²) in [6.07, 6.45) is -1.39. The van der Waals surface area contributed by atoms with E-state index in [1.165, 1.54) is 18.3 Å². The van der Waals surface area contributed by atoms with Gasteiger partial charge in [-0.1, -0.05) is 0 Å². The summed E-state index contributed by atoms with van der Waals surface area (Å²) in [5.74, 6) is 4.77. The average Bonchev–Trinajstić information content (AvgIpc) is 2.39. The Morgan fingerprint density at radius 1 is 1.15 bits per heavy atom. The molecule has 0 radical (unpaired) electrons. The molecular weight excluding hydrogens is 276 g/mol. The minimum absolute atomic E-state index is 0.230. The molecule has 4 nitrogen and oxygen atoms in total. The fourth-order valence-corrected chi connectivity index (χ4v) is 1.68. The van der Waals surface area contributed by atoms with E-state index in [-0.39, 0.29) is 5.69 Å². The Hall–Kier alpha value is -2.06. The van der Waals surface area contributed by atoms with E-state index in [1.807, 2.05) is 0 Å². The third-order valence-corrected chi connectivity index (χ3v) is 2.64. The summed E-state index contributed by atoms with van der Waals surface area (Å²) in [6.45, 7) is 0. The Labute approximate surface area is 111 Å². The van der Waals surface area contributed by atoms with E-state index in [0.717, 1.165) is 12.3 Å². The predicted octanol–water partition coefficient (Wildman–Crippen LogP) is 2.19. The minimum atomic E-state index is -4.46. The van der Waals surface area contributed by atoms with Gasteiger partial charge in [0, 0.05) is 12.4 Å². The molecule has 0 spiro atoms. The molecule has 2 aromatic rings. The van der Waals surface area contributed by atoms with Crippen molar-refractivity contribution in [1.82, 2.24) is 15.4 Å². The fourth-order valence-electron chi connectivity index (χ4n) is 1.68. The number of nitrogens with two attached hydrogens (primary N) is 1. The van der Waals surface area contributed by atoms with Crippen molar-refractivity contribution in [2.24, 2.45) is 5.84 Å². The molecule has 1 unspecified atom stereocenters. The number of hydrogen-bond acceptors (Lipinski definition) is 4. The van der Waals surface area contributed by atoms with Crippen LogP contribution in [-0.4, -0.2) is 9.97 Å². The van der Waals surface area contributed by atoms with E-state index >= 15 is 0 Å². The van der Waals surface area contributed by atoms with Gasteiger partial charge < -0.3 is 0 Å². The maximum absolute atomic E-state index is 13.1. The van der Waals surface area contributed by atoms with Gasteiger partial charge in [-0.25, -0.2) is 9.82 Å². The van der Waals surface area contributed by atoms with Gasteiger partial charge in [-0.05, 0) is 23.8 Å². The van der Waals surface area contributed by atoms with Crippen molar-refractivity contribution in [3.8, 4) is 0 Å². The summed E-state index contributed by atoms with van der Waals surface area (Å²) >= 11 is 0. The van der Waals surface area contributed by atoms with E-state index in [2.05, 4.69) is 15.4 Å². The van der Waals surface area contributed by atoms with Crippen LogP contribution in [0.4, 0.5) is 17.6 Å². The van der Waals surface area contributed by atoms with Gasteiger partial charge in [-0.15, -0.1) is 0 Å². The molecule has 2 heterocycles. The van der Waals surface area contributed by atoms with Crippen molar-refractivity contribution in [2.75, 3.05) is 0 Å². The highest BCUT2D eigenvalue weighted by Crippen LogP contribution is 2.29. The number of rotatable bonds is 3. The van der Waals surface area contributed by atoms with Crippen molar-refractivity contribution < 1.29 is 17.6 Å². The molecule has 1 atom stereocenters. The van der Waals surface area contributed by atoms with E-state index in [0.29, 0.717) is 11.8 Å². The molecule has 0 amide bonds. The Kier molecular flexibility index (Phi) is 3.96. The first-order valence-corrected chi connectivity index (χ1v) is 5.51. The summed E-state index contributed by atoms with van der Waals surface area (Å²) in [4.78, 5) is 7.37. The molecule has 106 valence electrons. The van der Waals surface area contributed by atoms with Gasteiger partial charge in [0.1, 0.15) is 5.82 Å². The third kappa shape index (κ3) is 3.09. The molecule has 2 aromatic heterocycles. The number of hydrogen-bond donors (Lipinski definition) is 2. The molecule has 0 saturated heterocycles. The Morgan fingerprint density at radius 3 is 2.40 bits per heavy atom. The van der Waals surface area contributed by atoms with Crippen LogP contribution in [0, 0.1) is 5.82 Å². The van der Waals surface area contributed by atoms with Crippen molar-refractivity contribution in [3.63, 3.8) is 0 Å². The zero-order valence-electron chi connectivity index (χ0n) is 10.0. The second-order valence-corrected chi connectivity index (χ2v) is 4.01. The predicted molar refractivity (Wildman–Crippen MR) is 62.6 cm³/mol. The van der Waals surface area contributed by atoms with Crippen LogP contribution in [0.2, 0.25) is 0 Å². The lowest BCUT2D eigenvalue weighted by Crippen LogP contribution is -2.29. The highest BCUT2D eigenvalue weighted by Gasteiger charge is 2.31. The van der Waals surface area contributed by atoms with Crippen molar-refractivity contribution >= 4 is 0 Å². The Bertz CT molecular complexity index is 583. The van der Waals surface area contributed by atoms with Crippen LogP contribution in [0.15, 0.2) is 36.8 Å². The summed E-state index contributed by atoms with van der Waals surface area (Å²) in [5, 5.41) is 0. The molecule has 8 heteroatoms. The topological polar surface area (TPSA) is 63.8 Å². The van der Waals surface area contributed by atoms with Gasteiger partial charge in [0.05, 0.1) is 23.5 Å². The molecule has 0 saturated carbocycles. The maximum Gasteiger partial charge on any atom is 0.417 e. The molecule has 2 rings (SSSR count). The van der Waals surface area contributed by atoms with Gasteiger partial charge in [0.2, 0.25) is 0 Å². The van der Waals surface area contributed by atoms with Gasteiger partial charge in [-0.2, -0.15) is 13.2 Å². The Morgan fingerprint density at radius 2 is 1.90 bits per heavy atom. The van der Waals surface area contributed by atoms with Gasteiger partial charge in [-0.3, -0.25) is 15.8 Å². The van der Waals surface area contributed by atoms with Crippen LogP contribution in [0.1, 0.15) is 22.9 Å². The first-order chi connectivity index (χ1) is 9.41. The van der Waals surface area contributed by atoms with Crippen molar-refractivity contribution in [2.45, 2.75) is 12.2 Å². The quantitative estimate of drug-likeness (QED) is 0.516. The standard InChI is InChI=1S/C12H10F4N4/c13-9-3-7(4-18-6-9)11(20-17)10-2-1-8(5-19-10)12(14,15)16/h1-6,11,20H,17H2. The fraction of sp³-hybridized carbons (Fsp3) is 0.167. The second-order valence-electron chi connectivity index (χ2n) is 4.01. The van der Waals surface area contributed by atoms with E-state index < -0.39 is 23.6 Å². The smallest absolute Gasteiger partial charge is 0.271 e. The van der Waals surface area contributed by atoms with E-state index in [4.69, 9.17) is 5.84 Å². The van der Waals surface area contributed by atoms with E-state index in [9.17, 15) is 17.6 Å². The number of halogens is 4. The van der Waals surface area contributed by atoms with Crippen LogP contribution in [0.3, 0.4) is 0 Å². The molecule has 0 aliphatic heterocycles. The SMILES string of the molecule is NNC(c1cncc(F)c1)c1ccc(C(F)(F)F)cn1. The van der Waals surface area contributed by atoms with Crippen molar-refractivity contribution in [3.05, 3.63) is 59.4 Å². The first kappa shape index (κ1) is 14.4. The number of hydrazine groups is 1. The number of nitrogens with one attached hydrogen (secondary N) is 1. The first-order valence-electron chi connectivity index (χ1n) is 5.51. The lowest BCUT2D eigenvalue weighted by atomic mass is 10.1. The van der Waals surface area contributed by atoms with Crippen molar-refractivity contribution in [1.29, 1.82) is 0 Å². The minimum Gasteiger partial charge on any atom is -0.271 e. The van der Waals surface area contributed by atoms with Gasteiger partial charge >= 0.3 is 6.18 Å². The summed E-state index contributed by atoms with van der Waals surface area (Å²) < 4.78 is 50.4. The molecule has 0 aromatic carbocycles. The Balaban J connectivity index is 2.33. The third-order valence-electron chi connectivity index (χ3n) is 2.64. The zero-order valence-corrected chi connectivity index (χ0v) is 10.0. The second kappa shape index (κ2) is 5.51. The summed E-state index contributed by atoms with van der Waals surface area (Å²) in [5.41, 5.74) is 2.09. The number of nitrogens with zero attached hydrogens (tertiary/aromatic N) is 2. The summed E-state index contributed by atoms with van der Waals surface area (Å²) in [7, 11) is 0. The molecule has 0 aliphatic carbocycles. The van der Waals surface area contributed by atoms with Gasteiger partial charge in [0.25, 0.3) is 0 Å². The molecule has 0 aliphatic rings. The van der Waals surface area contributed by atoms with Crippen LogP contribution >= 0.6 is 0 Å². The summed E-state index contributed by atoms with van der Waals surface area (Å²) in [6, 6.07) is 2.50. The number of pyridine rings is 2. The molecule has 0 fully saturated rings. The maximum atomic E-state index is 13.1. The molecule has 20 heavy (non-hydrogen) atoms. The van der Waals surface area contributed by atoms with Gasteiger partial charge in [0.15, 0.2) is 0 Å². The van der Waals surface area contributed by atoms with Crippen LogP contribution in [-0.2, 0) is 6.18 Å². The average molecular weight is 286 g/mol. The highest BCUT2D eigenvalue weighted by molar-refractivity contribution is 5.27.